The van der Waals surface area contributed by atoms with Crippen molar-refractivity contribution in [2.75, 3.05) is 49.5 Å². The van der Waals surface area contributed by atoms with Crippen molar-refractivity contribution in [3.63, 3.8) is 0 Å². The van der Waals surface area contributed by atoms with E-state index in [0.717, 1.165) is 50.5 Å². The molecule has 7 heteroatoms. The van der Waals surface area contributed by atoms with Crippen LogP contribution in [0.5, 0.6) is 5.75 Å². The summed E-state index contributed by atoms with van der Waals surface area (Å²) in [5.41, 5.74) is 3.23. The zero-order chi connectivity index (χ0) is 22.9. The lowest BCUT2D eigenvalue weighted by Crippen LogP contribution is -2.47. The fourth-order valence-electron chi connectivity index (χ4n) is 3.91. The number of amides is 1. The number of carbonyl (C=O) groups is 1. The molecule has 1 N–H and O–H groups in total. The van der Waals surface area contributed by atoms with Crippen LogP contribution in [-0.2, 0) is 11.2 Å². The lowest BCUT2D eigenvalue weighted by molar-refractivity contribution is -0.116. The quantitative estimate of drug-likeness (QED) is 0.505. The number of nitrogens with one attached hydrogen (secondary N) is 1. The van der Waals surface area contributed by atoms with Crippen LogP contribution < -0.4 is 15.0 Å². The Morgan fingerprint density at radius 1 is 0.970 bits per heavy atom. The van der Waals surface area contributed by atoms with Gasteiger partial charge in [0.25, 0.3) is 0 Å². The molecule has 1 amide bonds. The van der Waals surface area contributed by atoms with Crippen molar-refractivity contribution in [3.8, 4) is 5.75 Å². The maximum atomic E-state index is 12.5. The van der Waals surface area contributed by atoms with Gasteiger partial charge in [0, 0.05) is 50.1 Å². The first kappa shape index (κ1) is 23.1. The van der Waals surface area contributed by atoms with Crippen molar-refractivity contribution in [2.24, 2.45) is 0 Å². The van der Waals surface area contributed by atoms with E-state index in [4.69, 9.17) is 16.3 Å². The van der Waals surface area contributed by atoms with Crippen molar-refractivity contribution in [1.82, 2.24) is 9.88 Å². The SMILES string of the molecule is O=C(CCOc1ccc(Cl)cc1)Nc1ccccc1N1CCN(CCc2ccncc2)CC1. The van der Waals surface area contributed by atoms with E-state index < -0.39 is 0 Å². The first-order valence-electron chi connectivity index (χ1n) is 11.3. The summed E-state index contributed by atoms with van der Waals surface area (Å²) in [6.45, 7) is 5.23. The summed E-state index contributed by atoms with van der Waals surface area (Å²) < 4.78 is 5.64. The number of anilines is 2. The summed E-state index contributed by atoms with van der Waals surface area (Å²) in [4.78, 5) is 21.4. The largest absolute Gasteiger partial charge is 0.493 e. The summed E-state index contributed by atoms with van der Waals surface area (Å²) in [6.07, 6.45) is 5.01. The molecule has 0 saturated carbocycles. The average Bonchev–Trinajstić information content (AvgIpc) is 2.85. The normalized spacial score (nSPS) is 14.2. The Kier molecular flexibility index (Phi) is 8.17. The van der Waals surface area contributed by atoms with E-state index >= 15 is 0 Å². The van der Waals surface area contributed by atoms with Gasteiger partial charge in [-0.05, 0) is 60.5 Å². The van der Waals surface area contributed by atoms with Crippen LogP contribution >= 0.6 is 11.6 Å². The van der Waals surface area contributed by atoms with Crippen LogP contribution in [0.25, 0.3) is 0 Å². The number of halogens is 1. The number of piperazine rings is 1. The van der Waals surface area contributed by atoms with Crippen molar-refractivity contribution in [3.05, 3.63) is 83.6 Å². The highest BCUT2D eigenvalue weighted by Gasteiger charge is 2.19. The van der Waals surface area contributed by atoms with Gasteiger partial charge in [-0.15, -0.1) is 0 Å². The molecule has 6 nitrogen and oxygen atoms in total. The molecule has 0 unspecified atom stereocenters. The summed E-state index contributed by atoms with van der Waals surface area (Å²) in [5.74, 6) is 0.641. The van der Waals surface area contributed by atoms with Crippen LogP contribution in [0.1, 0.15) is 12.0 Å². The van der Waals surface area contributed by atoms with Gasteiger partial charge in [-0.3, -0.25) is 14.7 Å². The molecule has 4 rings (SSSR count). The van der Waals surface area contributed by atoms with Crippen LogP contribution in [0, 0.1) is 0 Å². The standard InChI is InChI=1S/C26H29ClN4O2/c27-22-5-7-23(8-6-22)33-20-12-26(32)29-24-3-1-2-4-25(24)31-18-16-30(17-19-31)15-11-21-9-13-28-14-10-21/h1-10,13-14H,11-12,15-20H2,(H,29,32). The Balaban J connectivity index is 1.25. The summed E-state index contributed by atoms with van der Waals surface area (Å²) in [5, 5.41) is 3.72. The average molecular weight is 465 g/mol. The number of rotatable bonds is 9. The third kappa shape index (κ3) is 6.94. The van der Waals surface area contributed by atoms with E-state index in [1.807, 2.05) is 30.6 Å². The predicted octanol–water partition coefficient (Wildman–Crippen LogP) is 4.51. The zero-order valence-electron chi connectivity index (χ0n) is 18.6. The molecule has 1 saturated heterocycles. The van der Waals surface area contributed by atoms with E-state index in [2.05, 4.69) is 38.3 Å². The molecule has 172 valence electrons. The van der Waals surface area contributed by atoms with Crippen LogP contribution in [0.4, 0.5) is 11.4 Å². The zero-order valence-corrected chi connectivity index (χ0v) is 19.4. The number of aromatic nitrogens is 1. The summed E-state index contributed by atoms with van der Waals surface area (Å²) >= 11 is 5.89. The minimum Gasteiger partial charge on any atom is -0.493 e. The number of carbonyl (C=O) groups excluding carboxylic acids is 1. The predicted molar refractivity (Wildman–Crippen MR) is 133 cm³/mol. The molecule has 1 aliphatic heterocycles. The van der Waals surface area contributed by atoms with Gasteiger partial charge < -0.3 is 15.0 Å². The lowest BCUT2D eigenvalue weighted by Gasteiger charge is -2.37. The van der Waals surface area contributed by atoms with Crippen molar-refractivity contribution in [2.45, 2.75) is 12.8 Å². The second-order valence-corrected chi connectivity index (χ2v) is 8.49. The van der Waals surface area contributed by atoms with Gasteiger partial charge in [-0.2, -0.15) is 0 Å². The van der Waals surface area contributed by atoms with E-state index in [9.17, 15) is 4.79 Å². The van der Waals surface area contributed by atoms with Gasteiger partial charge in [0.2, 0.25) is 5.91 Å². The molecule has 2 aromatic carbocycles. The Bertz CT molecular complexity index is 1020. The molecule has 1 aromatic heterocycles. The maximum absolute atomic E-state index is 12.5. The number of hydrogen-bond acceptors (Lipinski definition) is 5. The fourth-order valence-corrected chi connectivity index (χ4v) is 4.04. The highest BCUT2D eigenvalue weighted by atomic mass is 35.5. The molecule has 2 heterocycles. The number of hydrogen-bond donors (Lipinski definition) is 1. The molecular formula is C26H29ClN4O2. The third-order valence-corrected chi connectivity index (χ3v) is 6.02. The first-order valence-corrected chi connectivity index (χ1v) is 11.7. The molecule has 0 atom stereocenters. The Morgan fingerprint density at radius 3 is 2.45 bits per heavy atom. The fraction of sp³-hybridized carbons (Fsp3) is 0.308. The molecule has 3 aromatic rings. The van der Waals surface area contributed by atoms with Crippen LogP contribution in [-0.4, -0.2) is 55.1 Å². The van der Waals surface area contributed by atoms with Crippen LogP contribution in [0.3, 0.4) is 0 Å². The molecule has 1 aliphatic rings. The molecule has 0 bridgehead atoms. The van der Waals surface area contributed by atoms with Gasteiger partial charge in [0.05, 0.1) is 24.4 Å². The molecular weight excluding hydrogens is 436 g/mol. The van der Waals surface area contributed by atoms with Gasteiger partial charge in [-0.1, -0.05) is 23.7 Å². The van der Waals surface area contributed by atoms with E-state index in [1.54, 1.807) is 24.3 Å². The maximum Gasteiger partial charge on any atom is 0.227 e. The van der Waals surface area contributed by atoms with Crippen LogP contribution in [0.15, 0.2) is 73.1 Å². The molecule has 0 aliphatic carbocycles. The van der Waals surface area contributed by atoms with Gasteiger partial charge >= 0.3 is 0 Å². The van der Waals surface area contributed by atoms with Gasteiger partial charge in [-0.25, -0.2) is 0 Å². The monoisotopic (exact) mass is 464 g/mol. The second-order valence-electron chi connectivity index (χ2n) is 8.05. The lowest BCUT2D eigenvalue weighted by atomic mass is 10.1. The molecule has 1 fully saturated rings. The molecule has 0 spiro atoms. The van der Waals surface area contributed by atoms with Crippen LogP contribution in [0.2, 0.25) is 5.02 Å². The topological polar surface area (TPSA) is 57.7 Å². The number of benzene rings is 2. The van der Waals surface area contributed by atoms with Gasteiger partial charge in [0.15, 0.2) is 0 Å². The van der Waals surface area contributed by atoms with E-state index in [-0.39, 0.29) is 12.3 Å². The third-order valence-electron chi connectivity index (χ3n) is 5.77. The summed E-state index contributed by atoms with van der Waals surface area (Å²) in [7, 11) is 0. The smallest absolute Gasteiger partial charge is 0.227 e. The number of pyridine rings is 1. The van der Waals surface area contributed by atoms with E-state index in [1.165, 1.54) is 5.56 Å². The number of ether oxygens (including phenoxy) is 1. The highest BCUT2D eigenvalue weighted by molar-refractivity contribution is 6.30. The highest BCUT2D eigenvalue weighted by Crippen LogP contribution is 2.27. The minimum absolute atomic E-state index is 0.0626. The van der Waals surface area contributed by atoms with Crippen molar-refractivity contribution < 1.29 is 9.53 Å². The number of para-hydroxylation sites is 2. The molecule has 33 heavy (non-hydrogen) atoms. The molecule has 0 radical (unpaired) electrons. The Morgan fingerprint density at radius 2 is 1.70 bits per heavy atom. The van der Waals surface area contributed by atoms with Crippen molar-refractivity contribution >= 4 is 28.9 Å². The van der Waals surface area contributed by atoms with Gasteiger partial charge in [0.1, 0.15) is 5.75 Å². The first-order chi connectivity index (χ1) is 16.2. The minimum atomic E-state index is -0.0626. The Hall–Kier alpha value is -3.09. The summed E-state index contributed by atoms with van der Waals surface area (Å²) in [6, 6.07) is 19.3. The van der Waals surface area contributed by atoms with Crippen molar-refractivity contribution in [1.29, 1.82) is 0 Å². The number of nitrogens with zero attached hydrogens (tertiary/aromatic N) is 3. The van der Waals surface area contributed by atoms with E-state index in [0.29, 0.717) is 17.4 Å². The second kappa shape index (κ2) is 11.7. The Labute approximate surface area is 200 Å².